The van der Waals surface area contributed by atoms with Gasteiger partial charge >= 0.3 is 0 Å². The first-order chi connectivity index (χ1) is 9.84. The molecule has 0 aliphatic heterocycles. The van der Waals surface area contributed by atoms with Gasteiger partial charge in [0, 0.05) is 5.70 Å². The Morgan fingerprint density at radius 2 is 1.70 bits per heavy atom. The van der Waals surface area contributed by atoms with E-state index in [2.05, 4.69) is 45.3 Å². The Bertz CT molecular complexity index is 819. The van der Waals surface area contributed by atoms with E-state index >= 15 is 0 Å². The Labute approximate surface area is 116 Å². The summed E-state index contributed by atoms with van der Waals surface area (Å²) in [6.07, 6.45) is 5.04. The predicted molar refractivity (Wildman–Crippen MR) is 77.8 cm³/mol. The van der Waals surface area contributed by atoms with Gasteiger partial charge in [-0.05, 0) is 28.0 Å². The lowest BCUT2D eigenvalue weighted by Crippen LogP contribution is -2.17. The largest absolute Gasteiger partial charge is 0.401 e. The molecule has 96 valence electrons. The predicted octanol–water partition coefficient (Wildman–Crippen LogP) is 2.47. The van der Waals surface area contributed by atoms with E-state index in [1.807, 2.05) is 12.1 Å². The Hall–Kier alpha value is -2.75. The van der Waals surface area contributed by atoms with Crippen LogP contribution in [0.25, 0.3) is 16.8 Å². The molecule has 20 heavy (non-hydrogen) atoms. The summed E-state index contributed by atoms with van der Waals surface area (Å²) in [5.41, 5.74) is 9.34. The quantitative estimate of drug-likeness (QED) is 0.730. The lowest BCUT2D eigenvalue weighted by molar-refractivity contribution is 0.813. The van der Waals surface area contributed by atoms with Crippen LogP contribution in [0.4, 0.5) is 0 Å². The second-order valence-corrected chi connectivity index (χ2v) is 4.87. The molecule has 1 unspecified atom stereocenters. The van der Waals surface area contributed by atoms with E-state index in [4.69, 9.17) is 5.73 Å². The van der Waals surface area contributed by atoms with Crippen LogP contribution in [-0.2, 0) is 0 Å². The Morgan fingerprint density at radius 3 is 2.50 bits per heavy atom. The van der Waals surface area contributed by atoms with Crippen molar-refractivity contribution in [2.24, 2.45) is 5.73 Å². The van der Waals surface area contributed by atoms with Gasteiger partial charge in [-0.2, -0.15) is 0 Å². The van der Waals surface area contributed by atoms with E-state index in [1.165, 1.54) is 23.4 Å². The first kappa shape index (κ1) is 11.1. The first-order valence-electron chi connectivity index (χ1n) is 6.45. The van der Waals surface area contributed by atoms with Crippen LogP contribution in [0, 0.1) is 0 Å². The Balaban J connectivity index is 2.05. The second-order valence-electron chi connectivity index (χ2n) is 4.87. The lowest BCUT2D eigenvalue weighted by atomic mass is 9.83. The molecule has 0 saturated heterocycles. The van der Waals surface area contributed by atoms with Crippen molar-refractivity contribution in [1.82, 2.24) is 15.0 Å². The maximum absolute atomic E-state index is 6.26. The second kappa shape index (κ2) is 4.13. The normalized spacial score (nSPS) is 17.0. The number of allylic oxidation sites excluding steroid dienone is 1. The first-order valence-corrected chi connectivity index (χ1v) is 6.45. The van der Waals surface area contributed by atoms with Crippen molar-refractivity contribution < 1.29 is 0 Å². The van der Waals surface area contributed by atoms with Gasteiger partial charge in [0.15, 0.2) is 0 Å². The van der Waals surface area contributed by atoms with Gasteiger partial charge in [0.05, 0.1) is 5.92 Å². The fraction of sp³-hybridized carbons (Fsp3) is 0.0625. The number of hydrogen-bond acceptors (Lipinski definition) is 4. The summed E-state index contributed by atoms with van der Waals surface area (Å²) >= 11 is 0. The van der Waals surface area contributed by atoms with Crippen LogP contribution >= 0.6 is 0 Å². The molecule has 2 N–H and O–H groups in total. The summed E-state index contributed by atoms with van der Waals surface area (Å²) in [4.78, 5) is 12.4. The number of benzene rings is 2. The summed E-state index contributed by atoms with van der Waals surface area (Å²) in [6.45, 7) is 0. The molecule has 2 aromatic carbocycles. The Morgan fingerprint density at radius 1 is 0.950 bits per heavy atom. The molecule has 0 spiro atoms. The molecule has 1 aliphatic carbocycles. The third-order valence-electron chi connectivity index (χ3n) is 3.71. The van der Waals surface area contributed by atoms with Crippen molar-refractivity contribution in [3.8, 4) is 0 Å². The summed E-state index contributed by atoms with van der Waals surface area (Å²) in [5, 5.41) is 2.44. The molecule has 0 fully saturated rings. The maximum atomic E-state index is 6.26. The molecular weight excluding hydrogens is 248 g/mol. The van der Waals surface area contributed by atoms with Crippen molar-refractivity contribution in [3.63, 3.8) is 0 Å². The van der Waals surface area contributed by atoms with Crippen LogP contribution in [0.15, 0.2) is 54.7 Å². The number of aromatic nitrogens is 3. The molecule has 1 heterocycles. The summed E-state index contributed by atoms with van der Waals surface area (Å²) in [5.74, 6) is 0.590. The van der Waals surface area contributed by atoms with Gasteiger partial charge in [0.25, 0.3) is 0 Å². The van der Waals surface area contributed by atoms with Crippen LogP contribution < -0.4 is 5.73 Å². The molecule has 0 amide bonds. The Kier molecular flexibility index (Phi) is 2.29. The molecule has 0 radical (unpaired) electrons. The molecular formula is C16H12N4. The van der Waals surface area contributed by atoms with Gasteiger partial charge in [-0.1, -0.05) is 36.4 Å². The van der Waals surface area contributed by atoms with E-state index < -0.39 is 0 Å². The van der Waals surface area contributed by atoms with Crippen molar-refractivity contribution >= 4 is 16.8 Å². The highest BCUT2D eigenvalue weighted by atomic mass is 15.0. The van der Waals surface area contributed by atoms with Gasteiger partial charge in [0.1, 0.15) is 18.5 Å². The zero-order valence-electron chi connectivity index (χ0n) is 10.7. The van der Waals surface area contributed by atoms with Gasteiger partial charge in [-0.15, -0.1) is 0 Å². The average molecular weight is 260 g/mol. The minimum Gasteiger partial charge on any atom is -0.401 e. The average Bonchev–Trinajstić information content (AvgIpc) is 2.49. The van der Waals surface area contributed by atoms with E-state index in [9.17, 15) is 0 Å². The van der Waals surface area contributed by atoms with Gasteiger partial charge in [-0.25, -0.2) is 15.0 Å². The van der Waals surface area contributed by atoms with Crippen molar-refractivity contribution in [2.75, 3.05) is 0 Å². The number of nitrogens with zero attached hydrogens (tertiary/aromatic N) is 3. The minimum atomic E-state index is -0.100. The molecule has 4 rings (SSSR count). The summed E-state index contributed by atoms with van der Waals surface area (Å²) < 4.78 is 0. The summed E-state index contributed by atoms with van der Waals surface area (Å²) in [7, 11) is 0. The molecule has 1 aromatic heterocycles. The molecule has 4 nitrogen and oxygen atoms in total. The van der Waals surface area contributed by atoms with Gasteiger partial charge < -0.3 is 5.73 Å². The highest BCUT2D eigenvalue weighted by Gasteiger charge is 2.26. The molecule has 0 bridgehead atoms. The monoisotopic (exact) mass is 260 g/mol. The molecule has 0 saturated carbocycles. The fourth-order valence-corrected chi connectivity index (χ4v) is 2.89. The molecule has 1 atom stereocenters. The van der Waals surface area contributed by atoms with Crippen molar-refractivity contribution in [3.05, 3.63) is 71.7 Å². The van der Waals surface area contributed by atoms with Crippen LogP contribution in [0.1, 0.15) is 22.9 Å². The summed E-state index contributed by atoms with van der Waals surface area (Å²) in [6, 6.07) is 12.5. The van der Waals surface area contributed by atoms with E-state index in [-0.39, 0.29) is 5.92 Å². The SMILES string of the molecule is NC1=Cc2cccc3cccc(c23)C1c1ncncn1. The fourth-order valence-electron chi connectivity index (χ4n) is 2.89. The van der Waals surface area contributed by atoms with Gasteiger partial charge in [0.2, 0.25) is 0 Å². The van der Waals surface area contributed by atoms with Crippen molar-refractivity contribution in [2.45, 2.75) is 5.92 Å². The molecule has 1 aliphatic rings. The lowest BCUT2D eigenvalue weighted by Gasteiger charge is -2.23. The number of rotatable bonds is 1. The van der Waals surface area contributed by atoms with E-state index in [0.717, 1.165) is 16.8 Å². The van der Waals surface area contributed by atoms with Crippen LogP contribution in [-0.4, -0.2) is 15.0 Å². The standard InChI is InChI=1S/C16H12N4/c17-13-7-11-5-1-3-10-4-2-6-12(14(10)11)15(13)16-19-8-18-9-20-16/h1-9,15H,17H2. The van der Waals surface area contributed by atoms with Crippen molar-refractivity contribution in [1.29, 1.82) is 0 Å². The third-order valence-corrected chi connectivity index (χ3v) is 3.71. The minimum absolute atomic E-state index is 0.100. The molecule has 4 heteroatoms. The van der Waals surface area contributed by atoms with Gasteiger partial charge in [-0.3, -0.25) is 0 Å². The smallest absolute Gasteiger partial charge is 0.145 e. The highest BCUT2D eigenvalue weighted by molar-refractivity contribution is 5.96. The number of nitrogens with two attached hydrogens (primary N) is 1. The van der Waals surface area contributed by atoms with E-state index in [1.54, 1.807) is 0 Å². The zero-order chi connectivity index (χ0) is 13.5. The topological polar surface area (TPSA) is 64.7 Å². The third kappa shape index (κ3) is 1.51. The number of hydrogen-bond donors (Lipinski definition) is 1. The van der Waals surface area contributed by atoms with Crippen LogP contribution in [0.2, 0.25) is 0 Å². The highest BCUT2D eigenvalue weighted by Crippen LogP contribution is 2.39. The van der Waals surface area contributed by atoms with E-state index in [0.29, 0.717) is 5.82 Å². The maximum Gasteiger partial charge on any atom is 0.145 e. The zero-order valence-corrected chi connectivity index (χ0v) is 10.7. The molecule has 3 aromatic rings. The van der Waals surface area contributed by atoms with Crippen LogP contribution in [0.3, 0.4) is 0 Å². The van der Waals surface area contributed by atoms with Crippen LogP contribution in [0.5, 0.6) is 0 Å².